The molecule has 3 rings (SSSR count). The second-order valence-electron chi connectivity index (χ2n) is 5.47. The molecule has 1 saturated heterocycles. The van der Waals surface area contributed by atoms with Gasteiger partial charge in [-0.15, -0.1) is 11.8 Å². The van der Waals surface area contributed by atoms with Gasteiger partial charge in [-0.05, 0) is 37.3 Å². The smallest absolute Gasteiger partial charge is 0.266 e. The lowest BCUT2D eigenvalue weighted by atomic mass is 9.92. The monoisotopic (exact) mass is 325 g/mol. The van der Waals surface area contributed by atoms with E-state index < -0.39 is 12.0 Å². The zero-order valence-corrected chi connectivity index (χ0v) is 13.0. The zero-order chi connectivity index (χ0) is 15.7. The number of rotatable bonds is 3. The van der Waals surface area contributed by atoms with Crippen LogP contribution in [0.3, 0.4) is 0 Å². The predicted molar refractivity (Wildman–Crippen MR) is 83.7 cm³/mol. The molecular formula is C15H17F2N3OS. The summed E-state index contributed by atoms with van der Waals surface area (Å²) >= 11 is 1.63. The molecule has 0 amide bonds. The van der Waals surface area contributed by atoms with Gasteiger partial charge in [-0.2, -0.15) is 0 Å². The van der Waals surface area contributed by atoms with Crippen molar-refractivity contribution in [1.29, 1.82) is 0 Å². The van der Waals surface area contributed by atoms with Crippen molar-refractivity contribution in [3.05, 3.63) is 24.5 Å². The summed E-state index contributed by atoms with van der Waals surface area (Å²) in [6.45, 7) is 0.715. The van der Waals surface area contributed by atoms with Crippen molar-refractivity contribution in [2.24, 2.45) is 0 Å². The molecule has 0 spiro atoms. The fourth-order valence-corrected chi connectivity index (χ4v) is 3.16. The van der Waals surface area contributed by atoms with Gasteiger partial charge in [-0.25, -0.2) is 18.7 Å². The molecule has 4 nitrogen and oxygen atoms in total. The standard InChI is InChI=1S/C15H17F2N3OS/c1-22-10-2-3-12-11(8-10)13(19-9-18-12)20-6-4-15(21,5-7-20)14(16)17/h2-3,8-9,14,21H,4-7H2,1H3. The number of aliphatic hydroxyl groups is 1. The molecule has 0 bridgehead atoms. The van der Waals surface area contributed by atoms with Gasteiger partial charge in [-0.1, -0.05) is 0 Å². The highest BCUT2D eigenvalue weighted by molar-refractivity contribution is 7.98. The topological polar surface area (TPSA) is 49.2 Å². The van der Waals surface area contributed by atoms with Gasteiger partial charge in [-0.3, -0.25) is 0 Å². The molecule has 1 fully saturated rings. The number of anilines is 1. The van der Waals surface area contributed by atoms with Crippen LogP contribution in [-0.4, -0.2) is 46.4 Å². The van der Waals surface area contributed by atoms with Crippen LogP contribution in [0.1, 0.15) is 12.8 Å². The number of thioether (sulfide) groups is 1. The number of piperidine rings is 1. The molecule has 0 radical (unpaired) electrons. The number of hydrogen-bond donors (Lipinski definition) is 1. The highest BCUT2D eigenvalue weighted by Gasteiger charge is 2.41. The summed E-state index contributed by atoms with van der Waals surface area (Å²) in [5, 5.41) is 10.8. The van der Waals surface area contributed by atoms with Crippen molar-refractivity contribution in [2.45, 2.75) is 29.8 Å². The van der Waals surface area contributed by atoms with Gasteiger partial charge < -0.3 is 10.0 Å². The maximum atomic E-state index is 12.9. The number of benzene rings is 1. The van der Waals surface area contributed by atoms with Crippen LogP contribution in [0.4, 0.5) is 14.6 Å². The average molecular weight is 325 g/mol. The fourth-order valence-electron chi connectivity index (χ4n) is 2.73. The lowest BCUT2D eigenvalue weighted by molar-refractivity contribution is -0.109. The minimum Gasteiger partial charge on any atom is -0.384 e. The predicted octanol–water partition coefficient (Wildman–Crippen LogP) is 2.95. The second kappa shape index (κ2) is 5.96. The van der Waals surface area contributed by atoms with Crippen molar-refractivity contribution < 1.29 is 13.9 Å². The SMILES string of the molecule is CSc1ccc2ncnc(N3CCC(O)(C(F)F)CC3)c2c1. The Labute approximate surface area is 131 Å². The highest BCUT2D eigenvalue weighted by atomic mass is 32.2. The maximum Gasteiger partial charge on any atom is 0.266 e. The van der Waals surface area contributed by atoms with E-state index in [0.29, 0.717) is 13.1 Å². The molecule has 0 saturated carbocycles. The molecule has 118 valence electrons. The summed E-state index contributed by atoms with van der Waals surface area (Å²) in [6.07, 6.45) is 0.856. The van der Waals surface area contributed by atoms with E-state index in [-0.39, 0.29) is 12.8 Å². The Hall–Kier alpha value is -1.47. The molecule has 1 aliphatic rings. The summed E-state index contributed by atoms with van der Waals surface area (Å²) in [5.41, 5.74) is -1.04. The van der Waals surface area contributed by atoms with Crippen LogP contribution in [0.2, 0.25) is 0 Å². The van der Waals surface area contributed by atoms with Gasteiger partial charge >= 0.3 is 0 Å². The van der Waals surface area contributed by atoms with Crippen LogP contribution < -0.4 is 4.90 Å². The Balaban J connectivity index is 1.91. The number of aromatic nitrogens is 2. The van der Waals surface area contributed by atoms with E-state index in [1.807, 2.05) is 29.4 Å². The molecule has 0 atom stereocenters. The lowest BCUT2D eigenvalue weighted by Crippen LogP contribution is -2.49. The first-order valence-electron chi connectivity index (χ1n) is 7.08. The normalized spacial score (nSPS) is 18.1. The molecule has 2 heterocycles. The van der Waals surface area contributed by atoms with Gasteiger partial charge in [0.25, 0.3) is 6.43 Å². The molecule has 0 unspecified atom stereocenters. The molecule has 1 aliphatic heterocycles. The molecule has 1 aromatic heterocycles. The van der Waals surface area contributed by atoms with Crippen LogP contribution >= 0.6 is 11.8 Å². The quantitative estimate of drug-likeness (QED) is 0.879. The Morgan fingerprint density at radius 1 is 1.27 bits per heavy atom. The molecule has 7 heteroatoms. The van der Waals surface area contributed by atoms with Crippen molar-refractivity contribution in [2.75, 3.05) is 24.2 Å². The molecule has 22 heavy (non-hydrogen) atoms. The Bertz CT molecular complexity index is 675. The van der Waals surface area contributed by atoms with Crippen LogP contribution in [0.5, 0.6) is 0 Å². The van der Waals surface area contributed by atoms with Gasteiger partial charge in [0.05, 0.1) is 5.52 Å². The van der Waals surface area contributed by atoms with E-state index in [2.05, 4.69) is 9.97 Å². The Kier molecular flexibility index (Phi) is 4.18. The van der Waals surface area contributed by atoms with Crippen molar-refractivity contribution in [3.63, 3.8) is 0 Å². The van der Waals surface area contributed by atoms with Crippen molar-refractivity contribution in [3.8, 4) is 0 Å². The molecule has 2 aromatic rings. The van der Waals surface area contributed by atoms with Crippen LogP contribution in [0.25, 0.3) is 10.9 Å². The lowest BCUT2D eigenvalue weighted by Gasteiger charge is -2.38. The minimum atomic E-state index is -2.71. The first kappa shape index (κ1) is 15.4. The number of hydrogen-bond acceptors (Lipinski definition) is 5. The molecular weight excluding hydrogens is 308 g/mol. The summed E-state index contributed by atoms with van der Waals surface area (Å²) in [7, 11) is 0. The summed E-state index contributed by atoms with van der Waals surface area (Å²) in [4.78, 5) is 11.6. The van der Waals surface area contributed by atoms with Crippen molar-refractivity contribution >= 4 is 28.5 Å². The van der Waals surface area contributed by atoms with E-state index in [9.17, 15) is 13.9 Å². The minimum absolute atomic E-state index is 0.0401. The largest absolute Gasteiger partial charge is 0.384 e. The highest BCUT2D eigenvalue weighted by Crippen LogP contribution is 2.33. The number of halogens is 2. The van der Waals surface area contributed by atoms with E-state index in [4.69, 9.17) is 0 Å². The fraction of sp³-hybridized carbons (Fsp3) is 0.467. The summed E-state index contributed by atoms with van der Waals surface area (Å²) < 4.78 is 25.8. The van der Waals surface area contributed by atoms with Gasteiger partial charge in [0, 0.05) is 23.4 Å². The number of fused-ring (bicyclic) bond motifs is 1. The third-order valence-electron chi connectivity index (χ3n) is 4.16. The first-order valence-corrected chi connectivity index (χ1v) is 8.30. The third kappa shape index (κ3) is 2.75. The van der Waals surface area contributed by atoms with E-state index >= 15 is 0 Å². The summed E-state index contributed by atoms with van der Waals surface area (Å²) in [6, 6.07) is 5.95. The van der Waals surface area contributed by atoms with Gasteiger partial charge in [0.15, 0.2) is 0 Å². The van der Waals surface area contributed by atoms with Crippen LogP contribution in [-0.2, 0) is 0 Å². The van der Waals surface area contributed by atoms with Gasteiger partial charge in [0.1, 0.15) is 17.7 Å². The third-order valence-corrected chi connectivity index (χ3v) is 4.88. The second-order valence-corrected chi connectivity index (χ2v) is 6.35. The van der Waals surface area contributed by atoms with E-state index in [1.165, 1.54) is 6.33 Å². The van der Waals surface area contributed by atoms with Crippen molar-refractivity contribution in [1.82, 2.24) is 9.97 Å². The van der Waals surface area contributed by atoms with E-state index in [1.54, 1.807) is 11.8 Å². The van der Waals surface area contributed by atoms with E-state index in [0.717, 1.165) is 21.6 Å². The Morgan fingerprint density at radius 3 is 2.64 bits per heavy atom. The average Bonchev–Trinajstić information content (AvgIpc) is 2.54. The molecule has 0 aliphatic carbocycles. The molecule has 1 aromatic carbocycles. The van der Waals surface area contributed by atoms with Crippen LogP contribution in [0.15, 0.2) is 29.4 Å². The number of alkyl halides is 2. The summed E-state index contributed by atoms with van der Waals surface area (Å²) in [5.74, 6) is 0.747. The zero-order valence-electron chi connectivity index (χ0n) is 12.2. The molecule has 1 N–H and O–H groups in total. The first-order chi connectivity index (χ1) is 10.5. The van der Waals surface area contributed by atoms with Gasteiger partial charge in [0.2, 0.25) is 0 Å². The maximum absolute atomic E-state index is 12.9. The number of nitrogens with zero attached hydrogens (tertiary/aromatic N) is 3. The van der Waals surface area contributed by atoms with Crippen LogP contribution in [0, 0.1) is 0 Å². The Morgan fingerprint density at radius 2 is 2.00 bits per heavy atom.